The zero-order valence-electron chi connectivity index (χ0n) is 17.6. The summed E-state index contributed by atoms with van der Waals surface area (Å²) in [6.07, 6.45) is 0. The molecule has 8 nitrogen and oxygen atoms in total. The van der Waals surface area contributed by atoms with Gasteiger partial charge >= 0.3 is 0 Å². The average Bonchev–Trinajstić information content (AvgIpc) is 3.50. The number of para-hydroxylation sites is 1. The summed E-state index contributed by atoms with van der Waals surface area (Å²) in [4.78, 5) is 15.8. The third-order valence-corrected chi connectivity index (χ3v) is 6.99. The van der Waals surface area contributed by atoms with Crippen LogP contribution in [0.15, 0.2) is 89.1 Å². The molecule has 0 fully saturated rings. The van der Waals surface area contributed by atoms with Crippen LogP contribution >= 0.6 is 11.8 Å². The first-order valence-electron chi connectivity index (χ1n) is 10.5. The van der Waals surface area contributed by atoms with Crippen molar-refractivity contribution in [2.24, 2.45) is 5.10 Å². The Morgan fingerprint density at radius 1 is 1.00 bits per heavy atom. The zero-order chi connectivity index (χ0) is 22.5. The number of hydrogen-bond acceptors (Lipinski definition) is 7. The van der Waals surface area contributed by atoms with E-state index in [9.17, 15) is 10.1 Å². The highest BCUT2D eigenvalue weighted by atomic mass is 32.2. The number of aromatic nitrogens is 3. The van der Waals surface area contributed by atoms with E-state index >= 15 is 0 Å². The Balaban J connectivity index is 1.43. The van der Waals surface area contributed by atoms with Crippen LogP contribution in [0.2, 0.25) is 0 Å². The highest BCUT2D eigenvalue weighted by Crippen LogP contribution is 2.47. The van der Waals surface area contributed by atoms with Crippen LogP contribution in [-0.4, -0.2) is 30.8 Å². The predicted molar refractivity (Wildman–Crippen MR) is 127 cm³/mol. The molecule has 33 heavy (non-hydrogen) atoms. The molecule has 162 valence electrons. The standard InChI is InChI=1S/C24H18N6O2S/c1-15-10-12-16(13-11-15)22-25-24-29(26-22)23-21(33-24)20(17-6-5-9-19(14-17)30(31)32)28(27-23)18-7-3-2-4-8-18/h2-14,20-21H,1H3/t20-,21-/m1/s1. The summed E-state index contributed by atoms with van der Waals surface area (Å²) in [7, 11) is 0. The van der Waals surface area contributed by atoms with E-state index in [1.165, 1.54) is 11.6 Å². The van der Waals surface area contributed by atoms with E-state index in [1.807, 2.05) is 72.6 Å². The second-order valence-corrected chi connectivity index (χ2v) is 9.08. The molecule has 0 N–H and O–H groups in total. The molecule has 0 bridgehead atoms. The second kappa shape index (κ2) is 7.56. The van der Waals surface area contributed by atoms with Crippen molar-refractivity contribution in [1.29, 1.82) is 0 Å². The van der Waals surface area contributed by atoms with E-state index in [0.717, 1.165) is 27.8 Å². The van der Waals surface area contributed by atoms with Gasteiger partial charge in [-0.05, 0) is 24.6 Å². The number of rotatable bonds is 4. The highest BCUT2D eigenvalue weighted by Gasteiger charge is 2.47. The van der Waals surface area contributed by atoms with Gasteiger partial charge in [0.15, 0.2) is 16.8 Å². The van der Waals surface area contributed by atoms with E-state index in [4.69, 9.17) is 15.2 Å². The number of hydrazone groups is 1. The summed E-state index contributed by atoms with van der Waals surface area (Å²) in [5, 5.41) is 23.7. The van der Waals surface area contributed by atoms with Crippen LogP contribution in [0, 0.1) is 17.0 Å². The fraction of sp³-hybridized carbons (Fsp3) is 0.125. The SMILES string of the molecule is Cc1ccc(-c2nc3n(n2)C2=NN(c4ccccc4)[C@H](c4cccc([N+](=O)[O-])c4)[C@H]2S3)cc1. The first-order chi connectivity index (χ1) is 16.1. The number of anilines is 1. The van der Waals surface area contributed by atoms with Gasteiger partial charge in [-0.1, -0.05) is 71.9 Å². The van der Waals surface area contributed by atoms with Gasteiger partial charge in [-0.3, -0.25) is 15.1 Å². The topological polar surface area (TPSA) is 89.5 Å². The molecule has 0 radical (unpaired) electrons. The number of fused-ring (bicyclic) bond motifs is 3. The second-order valence-electron chi connectivity index (χ2n) is 7.97. The van der Waals surface area contributed by atoms with E-state index in [1.54, 1.807) is 28.6 Å². The van der Waals surface area contributed by atoms with Crippen molar-refractivity contribution in [3.63, 3.8) is 0 Å². The van der Waals surface area contributed by atoms with E-state index in [2.05, 4.69) is 0 Å². The van der Waals surface area contributed by atoms with Crippen molar-refractivity contribution in [3.05, 3.63) is 100 Å². The Labute approximate surface area is 193 Å². The minimum absolute atomic E-state index is 0.0643. The van der Waals surface area contributed by atoms with Crippen molar-refractivity contribution >= 4 is 29.0 Å². The molecule has 0 aliphatic carbocycles. The number of hydrogen-bond donors (Lipinski definition) is 0. The average molecular weight is 455 g/mol. The van der Waals surface area contributed by atoms with Gasteiger partial charge in [-0.15, -0.1) is 5.10 Å². The van der Waals surface area contributed by atoms with Crippen LogP contribution in [0.3, 0.4) is 0 Å². The maximum absolute atomic E-state index is 11.4. The Bertz CT molecular complexity index is 1400. The largest absolute Gasteiger partial charge is 0.269 e. The minimum atomic E-state index is -0.366. The molecule has 1 aromatic heterocycles. The van der Waals surface area contributed by atoms with Crippen molar-refractivity contribution in [2.75, 3.05) is 5.01 Å². The van der Waals surface area contributed by atoms with Crippen LogP contribution in [0.5, 0.6) is 0 Å². The van der Waals surface area contributed by atoms with Crippen LogP contribution < -0.4 is 5.01 Å². The van der Waals surface area contributed by atoms with Crippen LogP contribution in [-0.2, 0) is 0 Å². The van der Waals surface area contributed by atoms with Crippen molar-refractivity contribution in [1.82, 2.24) is 14.8 Å². The lowest BCUT2D eigenvalue weighted by atomic mass is 10.0. The number of non-ortho nitro benzene ring substituents is 1. The van der Waals surface area contributed by atoms with Crippen molar-refractivity contribution < 1.29 is 4.92 Å². The number of benzene rings is 3. The van der Waals surface area contributed by atoms with E-state index < -0.39 is 0 Å². The third-order valence-electron chi connectivity index (χ3n) is 5.79. The predicted octanol–water partition coefficient (Wildman–Crippen LogP) is 5.06. The summed E-state index contributed by atoms with van der Waals surface area (Å²) in [5.41, 5.74) is 3.94. The molecule has 0 unspecified atom stereocenters. The molecule has 9 heteroatoms. The van der Waals surface area contributed by atoms with Gasteiger partial charge in [0.2, 0.25) is 0 Å². The molecular weight excluding hydrogens is 436 g/mol. The molecule has 0 saturated heterocycles. The molecule has 2 aliphatic rings. The van der Waals surface area contributed by atoms with Gasteiger partial charge in [-0.2, -0.15) is 9.78 Å². The first-order valence-corrected chi connectivity index (χ1v) is 11.3. The van der Waals surface area contributed by atoms with Crippen molar-refractivity contribution in [3.8, 4) is 11.4 Å². The van der Waals surface area contributed by atoms with Gasteiger partial charge < -0.3 is 0 Å². The Hall–Kier alpha value is -3.98. The molecule has 0 saturated carbocycles. The zero-order valence-corrected chi connectivity index (χ0v) is 18.4. The Kier molecular flexibility index (Phi) is 4.51. The Morgan fingerprint density at radius 3 is 2.55 bits per heavy atom. The molecule has 3 aromatic carbocycles. The maximum atomic E-state index is 11.4. The molecule has 6 rings (SSSR count). The Morgan fingerprint density at radius 2 is 1.79 bits per heavy atom. The normalized spacial score (nSPS) is 18.7. The smallest absolute Gasteiger partial charge is 0.258 e. The molecule has 3 heterocycles. The molecule has 0 amide bonds. The maximum Gasteiger partial charge on any atom is 0.269 e. The summed E-state index contributed by atoms with van der Waals surface area (Å²) >= 11 is 1.59. The number of thioether (sulfide) groups is 1. The monoisotopic (exact) mass is 454 g/mol. The number of nitrogens with zero attached hydrogens (tertiary/aromatic N) is 6. The van der Waals surface area contributed by atoms with Crippen LogP contribution in [0.4, 0.5) is 11.4 Å². The lowest BCUT2D eigenvalue weighted by Gasteiger charge is -2.26. The fourth-order valence-corrected chi connectivity index (χ4v) is 5.43. The van der Waals surface area contributed by atoms with Gasteiger partial charge in [-0.25, -0.2) is 4.98 Å². The van der Waals surface area contributed by atoms with Gasteiger partial charge in [0.25, 0.3) is 5.69 Å². The van der Waals surface area contributed by atoms with Gasteiger partial charge in [0.05, 0.1) is 16.7 Å². The summed E-state index contributed by atoms with van der Waals surface area (Å²) in [5.74, 6) is 1.44. The van der Waals surface area contributed by atoms with Crippen LogP contribution in [0.1, 0.15) is 17.2 Å². The first kappa shape index (κ1) is 19.7. The number of aryl methyl sites for hydroxylation is 1. The third kappa shape index (κ3) is 3.28. The molecule has 2 aliphatic heterocycles. The van der Waals surface area contributed by atoms with Crippen LogP contribution in [0.25, 0.3) is 11.4 Å². The number of nitro benzene ring substituents is 1. The fourth-order valence-electron chi connectivity index (χ4n) is 4.18. The minimum Gasteiger partial charge on any atom is -0.258 e. The lowest BCUT2D eigenvalue weighted by Crippen LogP contribution is -2.27. The molecule has 0 spiro atoms. The summed E-state index contributed by atoms with van der Waals surface area (Å²) < 4.78 is 1.80. The van der Waals surface area contributed by atoms with E-state index in [0.29, 0.717) is 5.82 Å². The highest BCUT2D eigenvalue weighted by molar-refractivity contribution is 8.01. The summed E-state index contributed by atoms with van der Waals surface area (Å²) in [6.45, 7) is 2.05. The lowest BCUT2D eigenvalue weighted by molar-refractivity contribution is -0.384. The molecular formula is C24H18N6O2S. The van der Waals surface area contributed by atoms with Gasteiger partial charge in [0.1, 0.15) is 5.25 Å². The molecule has 4 aromatic rings. The quantitative estimate of drug-likeness (QED) is 0.316. The van der Waals surface area contributed by atoms with Crippen molar-refractivity contribution in [2.45, 2.75) is 23.4 Å². The number of nitro groups is 1. The van der Waals surface area contributed by atoms with E-state index in [-0.39, 0.29) is 21.9 Å². The van der Waals surface area contributed by atoms with Gasteiger partial charge in [0, 0.05) is 17.7 Å². The molecule has 2 atom stereocenters. The summed E-state index contributed by atoms with van der Waals surface area (Å²) in [6, 6.07) is 24.5.